The van der Waals surface area contributed by atoms with Gasteiger partial charge in [0, 0.05) is 43.6 Å². The number of rotatable bonds is 10. The number of hydrogen-bond donors (Lipinski definition) is 2. The summed E-state index contributed by atoms with van der Waals surface area (Å²) in [5.41, 5.74) is 12.5. The molecule has 0 bridgehead atoms. The summed E-state index contributed by atoms with van der Waals surface area (Å²) in [6.45, 7) is 2.84. The average Bonchev–Trinajstić information content (AvgIpc) is 3.22. The molecule has 0 saturated carbocycles. The van der Waals surface area contributed by atoms with Crippen LogP contribution in [0.4, 0.5) is 4.79 Å². The number of azide groups is 1. The summed E-state index contributed by atoms with van der Waals surface area (Å²) in [5, 5.41) is 5.85. The summed E-state index contributed by atoms with van der Waals surface area (Å²) >= 11 is 0. The number of alkyl carbamates (subject to hydrolysis) is 1. The minimum absolute atomic E-state index is 0.00116. The van der Waals surface area contributed by atoms with E-state index in [1.807, 2.05) is 48.5 Å². The van der Waals surface area contributed by atoms with Crippen LogP contribution in [0.2, 0.25) is 0 Å². The molecule has 1 aliphatic heterocycles. The third kappa shape index (κ3) is 6.81. The molecular weight excluding hydrogens is 512 g/mol. The number of benzene rings is 2. The monoisotopic (exact) mass is 542 g/mol. The maximum absolute atomic E-state index is 13.1. The topological polar surface area (TPSA) is 165 Å². The third-order valence-electron chi connectivity index (χ3n) is 6.79. The minimum Gasteiger partial charge on any atom is -0.449 e. The molecule has 1 fully saturated rings. The van der Waals surface area contributed by atoms with E-state index in [1.54, 1.807) is 0 Å². The van der Waals surface area contributed by atoms with Gasteiger partial charge in [0.1, 0.15) is 18.4 Å². The lowest BCUT2D eigenvalue weighted by Gasteiger charge is -2.36. The normalized spacial score (nSPS) is 16.2. The van der Waals surface area contributed by atoms with E-state index in [2.05, 4.69) is 20.2 Å². The fraction of sp³-hybridized carbons (Fsp3) is 0.440. The van der Waals surface area contributed by atoms with Crippen LogP contribution in [0, 0.1) is 0 Å². The van der Waals surface area contributed by atoms with Crippen LogP contribution in [-0.2, 0) is 19.6 Å². The van der Waals surface area contributed by atoms with Crippen molar-refractivity contribution in [1.29, 1.82) is 0 Å². The lowest BCUT2D eigenvalue weighted by Crippen LogP contribution is -2.56. The van der Waals surface area contributed by atoms with Gasteiger partial charge in [-0.2, -0.15) is 8.42 Å². The van der Waals surface area contributed by atoms with Crippen LogP contribution in [0.15, 0.2) is 53.6 Å². The number of nitrogens with zero attached hydrogens (tertiary/aromatic N) is 5. The highest BCUT2D eigenvalue weighted by Crippen LogP contribution is 2.44. The van der Waals surface area contributed by atoms with E-state index >= 15 is 0 Å². The first kappa shape index (κ1) is 27.4. The Morgan fingerprint density at radius 2 is 1.68 bits per heavy atom. The molecule has 38 heavy (non-hydrogen) atoms. The summed E-state index contributed by atoms with van der Waals surface area (Å²) in [7, 11) is -4.56. The summed E-state index contributed by atoms with van der Waals surface area (Å²) in [6.07, 6.45) is -0.252. The molecule has 0 radical (unpaired) electrons. The molecule has 0 unspecified atom stereocenters. The predicted molar refractivity (Wildman–Crippen MR) is 140 cm³/mol. The number of amides is 2. The van der Waals surface area contributed by atoms with E-state index < -0.39 is 33.9 Å². The quantitative estimate of drug-likeness (QED) is 0.153. The van der Waals surface area contributed by atoms with Crippen molar-refractivity contribution in [2.45, 2.75) is 18.4 Å². The van der Waals surface area contributed by atoms with Gasteiger partial charge in [-0.1, -0.05) is 53.6 Å². The first-order valence-corrected chi connectivity index (χ1v) is 14.0. The fourth-order valence-corrected chi connectivity index (χ4v) is 5.64. The van der Waals surface area contributed by atoms with Crippen molar-refractivity contribution in [2.75, 3.05) is 51.6 Å². The number of piperazine rings is 1. The lowest BCUT2D eigenvalue weighted by atomic mass is 9.98. The molecule has 1 atom stereocenters. The number of fused-ring (bicyclic) bond motifs is 3. The SMILES string of the molecule is [N-]=[N+]=NCCCN1CCN(C(=O)[C@H](CS(=O)(=O)O)NC(=O)OCC2c3ccccc3-c3ccccc32)CC1. The zero-order valence-electron chi connectivity index (χ0n) is 20.8. The highest BCUT2D eigenvalue weighted by Gasteiger charge is 2.33. The van der Waals surface area contributed by atoms with E-state index in [0.717, 1.165) is 22.3 Å². The minimum atomic E-state index is -4.56. The zero-order chi connectivity index (χ0) is 27.1. The van der Waals surface area contributed by atoms with E-state index in [-0.39, 0.29) is 12.5 Å². The Labute approximate surface area is 220 Å². The molecule has 2 aromatic rings. The van der Waals surface area contributed by atoms with Crippen LogP contribution in [-0.4, -0.2) is 92.4 Å². The number of carbonyl (C=O) groups is 2. The molecular formula is C25H30N6O6S. The number of hydrogen-bond acceptors (Lipinski definition) is 7. The molecule has 4 rings (SSSR count). The Morgan fingerprint density at radius 3 is 2.26 bits per heavy atom. The van der Waals surface area contributed by atoms with Crippen molar-refractivity contribution in [3.63, 3.8) is 0 Å². The summed E-state index contributed by atoms with van der Waals surface area (Å²) in [5.74, 6) is -1.76. The van der Waals surface area contributed by atoms with E-state index in [1.165, 1.54) is 4.90 Å². The Bertz CT molecular complexity index is 1280. The molecule has 202 valence electrons. The molecule has 2 aliphatic rings. The summed E-state index contributed by atoms with van der Waals surface area (Å²) < 4.78 is 38.1. The second-order valence-electron chi connectivity index (χ2n) is 9.25. The third-order valence-corrected chi connectivity index (χ3v) is 7.55. The van der Waals surface area contributed by atoms with Crippen molar-refractivity contribution in [3.8, 4) is 11.1 Å². The fourth-order valence-electron chi connectivity index (χ4n) is 4.99. The van der Waals surface area contributed by atoms with Crippen LogP contribution < -0.4 is 5.32 Å². The predicted octanol–water partition coefficient (Wildman–Crippen LogP) is 2.63. The molecule has 13 heteroatoms. The molecule has 1 saturated heterocycles. The van der Waals surface area contributed by atoms with Crippen molar-refractivity contribution < 1.29 is 27.3 Å². The van der Waals surface area contributed by atoms with E-state index in [4.69, 9.17) is 10.3 Å². The van der Waals surface area contributed by atoms with Gasteiger partial charge < -0.3 is 15.0 Å². The maximum Gasteiger partial charge on any atom is 0.407 e. The van der Waals surface area contributed by atoms with Gasteiger partial charge in [0.2, 0.25) is 5.91 Å². The van der Waals surface area contributed by atoms with Gasteiger partial charge in [0.15, 0.2) is 0 Å². The van der Waals surface area contributed by atoms with Crippen LogP contribution in [0.25, 0.3) is 21.6 Å². The number of carbonyl (C=O) groups excluding carboxylic acids is 2. The van der Waals surface area contributed by atoms with Crippen molar-refractivity contribution in [2.24, 2.45) is 5.11 Å². The second-order valence-corrected chi connectivity index (χ2v) is 10.7. The van der Waals surface area contributed by atoms with Gasteiger partial charge in [-0.3, -0.25) is 14.2 Å². The van der Waals surface area contributed by atoms with Gasteiger partial charge in [0.05, 0.1) is 0 Å². The molecule has 1 aliphatic carbocycles. The molecule has 12 nitrogen and oxygen atoms in total. The molecule has 0 spiro atoms. The Morgan fingerprint density at radius 1 is 1.08 bits per heavy atom. The van der Waals surface area contributed by atoms with Gasteiger partial charge in [-0.05, 0) is 40.8 Å². The highest BCUT2D eigenvalue weighted by atomic mass is 32.2. The Kier molecular flexibility index (Phi) is 8.85. The second kappa shape index (κ2) is 12.3. The summed E-state index contributed by atoms with van der Waals surface area (Å²) in [4.78, 5) is 32.1. The van der Waals surface area contributed by atoms with Crippen LogP contribution in [0.1, 0.15) is 23.5 Å². The zero-order valence-corrected chi connectivity index (χ0v) is 21.6. The Balaban J connectivity index is 1.36. The maximum atomic E-state index is 13.1. The molecule has 2 amide bonds. The molecule has 0 aromatic heterocycles. The van der Waals surface area contributed by atoms with Crippen molar-refractivity contribution in [3.05, 3.63) is 70.1 Å². The van der Waals surface area contributed by atoms with Gasteiger partial charge in [-0.25, -0.2) is 4.79 Å². The average molecular weight is 543 g/mol. The first-order chi connectivity index (χ1) is 18.3. The van der Waals surface area contributed by atoms with Gasteiger partial charge in [0.25, 0.3) is 10.1 Å². The van der Waals surface area contributed by atoms with Crippen molar-refractivity contribution >= 4 is 22.1 Å². The summed E-state index contributed by atoms with van der Waals surface area (Å²) in [6, 6.07) is 14.2. The first-order valence-electron chi connectivity index (χ1n) is 12.4. The van der Waals surface area contributed by atoms with Gasteiger partial charge >= 0.3 is 6.09 Å². The van der Waals surface area contributed by atoms with Gasteiger partial charge in [-0.15, -0.1) is 0 Å². The van der Waals surface area contributed by atoms with Crippen LogP contribution in [0.3, 0.4) is 0 Å². The van der Waals surface area contributed by atoms with E-state index in [0.29, 0.717) is 45.7 Å². The molecule has 2 aromatic carbocycles. The Hall–Kier alpha value is -3.64. The van der Waals surface area contributed by atoms with Crippen LogP contribution in [0.5, 0.6) is 0 Å². The molecule has 2 N–H and O–H groups in total. The van der Waals surface area contributed by atoms with Crippen molar-refractivity contribution in [1.82, 2.24) is 15.1 Å². The molecule has 1 heterocycles. The number of nitrogens with one attached hydrogen (secondary N) is 1. The highest BCUT2D eigenvalue weighted by molar-refractivity contribution is 7.85. The van der Waals surface area contributed by atoms with Crippen LogP contribution >= 0.6 is 0 Å². The van der Waals surface area contributed by atoms with E-state index in [9.17, 15) is 22.6 Å². The lowest BCUT2D eigenvalue weighted by molar-refractivity contribution is -0.134. The standard InChI is InChI=1S/C25H30N6O6S/c26-29-27-10-5-11-30-12-14-31(15-13-30)24(32)23(17-38(34,35)36)28-25(33)37-16-22-20-8-3-1-6-18(20)19-7-2-4-9-21(19)22/h1-4,6-9,22-23H,5,10-17H2,(H,28,33)(H,34,35,36)/t23-/m0/s1. The largest absolute Gasteiger partial charge is 0.449 e. The number of ether oxygens (including phenoxy) is 1. The smallest absolute Gasteiger partial charge is 0.407 e.